The topological polar surface area (TPSA) is 0 Å². The maximum atomic E-state index is 6.61. The zero-order chi connectivity index (χ0) is 13.3. The monoisotopic (exact) mass is 450 g/mol. The highest BCUT2D eigenvalue weighted by atomic mass is 79.9. The maximum absolute atomic E-state index is 6.61. The van der Waals surface area contributed by atoms with Gasteiger partial charge in [-0.25, -0.2) is 0 Å². The molecule has 4 heteroatoms. The van der Waals surface area contributed by atoms with E-state index in [-0.39, 0.29) is 5.38 Å². The lowest BCUT2D eigenvalue weighted by Crippen LogP contribution is -1.97. The molecule has 2 rings (SSSR count). The second kappa shape index (κ2) is 6.08. The smallest absolute Gasteiger partial charge is 0.0849 e. The number of benzene rings is 2. The summed E-state index contributed by atoms with van der Waals surface area (Å²) in [5, 5.41) is -0.172. The second-order valence-electron chi connectivity index (χ2n) is 4.03. The highest BCUT2D eigenvalue weighted by Gasteiger charge is 2.16. The number of aryl methyl sites for hydroxylation is 1. The lowest BCUT2D eigenvalue weighted by molar-refractivity contribution is 1.09. The fourth-order valence-electron chi connectivity index (χ4n) is 1.76. The number of hydrogen-bond donors (Lipinski definition) is 0. The summed E-state index contributed by atoms with van der Waals surface area (Å²) in [6.07, 6.45) is 0. The van der Waals surface area contributed by atoms with Gasteiger partial charge in [0.2, 0.25) is 0 Å². The first kappa shape index (κ1) is 14.6. The number of rotatable bonds is 2. The highest BCUT2D eigenvalue weighted by molar-refractivity contribution is 9.11. The van der Waals surface area contributed by atoms with Crippen molar-refractivity contribution in [3.05, 3.63) is 66.5 Å². The van der Waals surface area contributed by atoms with Gasteiger partial charge in [0, 0.05) is 13.4 Å². The zero-order valence-corrected chi connectivity index (χ0v) is 15.1. The minimum absolute atomic E-state index is 0.172. The molecule has 0 aliphatic rings. The molecule has 0 heterocycles. The molecule has 0 nitrogen and oxygen atoms in total. The van der Waals surface area contributed by atoms with Crippen LogP contribution in [0, 0.1) is 6.92 Å². The lowest BCUT2D eigenvalue weighted by atomic mass is 10.0. The van der Waals surface area contributed by atoms with E-state index in [1.807, 2.05) is 24.3 Å². The maximum Gasteiger partial charge on any atom is 0.0849 e. The van der Waals surface area contributed by atoms with Crippen LogP contribution in [0.4, 0.5) is 0 Å². The van der Waals surface area contributed by atoms with Crippen molar-refractivity contribution in [2.45, 2.75) is 12.3 Å². The van der Waals surface area contributed by atoms with E-state index >= 15 is 0 Å². The Balaban J connectivity index is 2.50. The van der Waals surface area contributed by atoms with Crippen molar-refractivity contribution in [2.75, 3.05) is 0 Å². The standard InChI is InChI=1S/C14H10Br3Cl/c1-8-2-3-9(15)6-11(8)14(18)12-7-10(16)4-5-13(12)17/h2-7,14H,1H3. The van der Waals surface area contributed by atoms with Gasteiger partial charge in [-0.1, -0.05) is 53.9 Å². The van der Waals surface area contributed by atoms with E-state index in [0.29, 0.717) is 0 Å². The van der Waals surface area contributed by atoms with Crippen LogP contribution in [0.3, 0.4) is 0 Å². The van der Waals surface area contributed by atoms with Gasteiger partial charge in [0.25, 0.3) is 0 Å². The van der Waals surface area contributed by atoms with Gasteiger partial charge in [-0.05, 0) is 53.9 Å². The van der Waals surface area contributed by atoms with Gasteiger partial charge in [0.1, 0.15) is 0 Å². The lowest BCUT2D eigenvalue weighted by Gasteiger charge is -2.15. The molecule has 0 aromatic heterocycles. The van der Waals surface area contributed by atoms with Crippen LogP contribution in [0.15, 0.2) is 49.8 Å². The number of hydrogen-bond acceptors (Lipinski definition) is 0. The Morgan fingerprint density at radius 2 is 1.44 bits per heavy atom. The zero-order valence-electron chi connectivity index (χ0n) is 9.55. The van der Waals surface area contributed by atoms with Crippen molar-refractivity contribution < 1.29 is 0 Å². The van der Waals surface area contributed by atoms with Crippen molar-refractivity contribution in [2.24, 2.45) is 0 Å². The van der Waals surface area contributed by atoms with Gasteiger partial charge in [-0.3, -0.25) is 0 Å². The molecule has 1 atom stereocenters. The van der Waals surface area contributed by atoms with Crippen LogP contribution in [0.2, 0.25) is 0 Å². The molecule has 18 heavy (non-hydrogen) atoms. The van der Waals surface area contributed by atoms with Crippen LogP contribution in [0.25, 0.3) is 0 Å². The number of halogens is 4. The largest absolute Gasteiger partial charge is 0.113 e. The molecule has 0 amide bonds. The van der Waals surface area contributed by atoms with E-state index < -0.39 is 0 Å². The van der Waals surface area contributed by atoms with Crippen LogP contribution in [-0.2, 0) is 0 Å². The van der Waals surface area contributed by atoms with Crippen LogP contribution >= 0.6 is 59.4 Å². The molecule has 0 bridgehead atoms. The minimum Gasteiger partial charge on any atom is -0.113 e. The SMILES string of the molecule is Cc1ccc(Br)cc1C(Cl)c1cc(Br)ccc1Br. The van der Waals surface area contributed by atoms with Gasteiger partial charge in [0.05, 0.1) is 5.38 Å². The van der Waals surface area contributed by atoms with E-state index in [1.165, 1.54) is 5.56 Å². The summed E-state index contributed by atoms with van der Waals surface area (Å²) in [5.74, 6) is 0. The second-order valence-corrected chi connectivity index (χ2v) is 7.15. The molecule has 0 fully saturated rings. The fraction of sp³-hybridized carbons (Fsp3) is 0.143. The van der Waals surface area contributed by atoms with Crippen molar-refractivity contribution in [1.29, 1.82) is 0 Å². The molecular weight excluding hydrogens is 443 g/mol. The molecular formula is C14H10Br3Cl. The third kappa shape index (κ3) is 3.19. The molecule has 0 saturated heterocycles. The Bertz CT molecular complexity index is 530. The van der Waals surface area contributed by atoms with Crippen molar-refractivity contribution in [1.82, 2.24) is 0 Å². The average molecular weight is 453 g/mol. The van der Waals surface area contributed by atoms with Gasteiger partial charge in [-0.2, -0.15) is 0 Å². The van der Waals surface area contributed by atoms with Gasteiger partial charge < -0.3 is 0 Å². The molecule has 1 unspecified atom stereocenters. The van der Waals surface area contributed by atoms with Crippen LogP contribution in [0.1, 0.15) is 22.1 Å². The predicted molar refractivity (Wildman–Crippen MR) is 88.4 cm³/mol. The number of alkyl halides is 1. The Kier molecular flexibility index (Phi) is 4.92. The first-order chi connectivity index (χ1) is 8.49. The molecule has 0 saturated carbocycles. The molecule has 0 aliphatic carbocycles. The van der Waals surface area contributed by atoms with E-state index in [0.717, 1.165) is 24.5 Å². The van der Waals surface area contributed by atoms with Crippen molar-refractivity contribution in [3.63, 3.8) is 0 Å². The normalized spacial score (nSPS) is 12.5. The van der Waals surface area contributed by atoms with Gasteiger partial charge in [-0.15, -0.1) is 11.6 Å². The molecule has 0 N–H and O–H groups in total. The summed E-state index contributed by atoms with van der Waals surface area (Å²) >= 11 is 17.1. The summed E-state index contributed by atoms with van der Waals surface area (Å²) in [5.41, 5.74) is 3.36. The van der Waals surface area contributed by atoms with E-state index in [2.05, 4.69) is 66.8 Å². The summed E-state index contributed by atoms with van der Waals surface area (Å²) in [6.45, 7) is 2.07. The first-order valence-corrected chi connectivity index (χ1v) is 8.15. The van der Waals surface area contributed by atoms with Crippen molar-refractivity contribution >= 4 is 59.4 Å². The molecule has 0 aliphatic heterocycles. The summed E-state index contributed by atoms with van der Waals surface area (Å²) < 4.78 is 3.09. The summed E-state index contributed by atoms with van der Waals surface area (Å²) in [7, 11) is 0. The predicted octanol–water partition coefficient (Wildman–Crippen LogP) is 6.61. The molecule has 2 aromatic rings. The summed E-state index contributed by atoms with van der Waals surface area (Å²) in [6, 6.07) is 12.2. The third-order valence-corrected chi connectivity index (χ3v) is 4.92. The van der Waals surface area contributed by atoms with E-state index in [9.17, 15) is 0 Å². The summed E-state index contributed by atoms with van der Waals surface area (Å²) in [4.78, 5) is 0. The minimum atomic E-state index is -0.172. The van der Waals surface area contributed by atoms with Gasteiger partial charge in [0.15, 0.2) is 0 Å². The van der Waals surface area contributed by atoms with E-state index in [4.69, 9.17) is 11.6 Å². The molecule has 94 valence electrons. The van der Waals surface area contributed by atoms with Crippen LogP contribution < -0.4 is 0 Å². The first-order valence-electron chi connectivity index (χ1n) is 5.34. The third-order valence-electron chi connectivity index (χ3n) is 2.75. The van der Waals surface area contributed by atoms with Gasteiger partial charge >= 0.3 is 0 Å². The Morgan fingerprint density at radius 3 is 2.11 bits per heavy atom. The highest BCUT2D eigenvalue weighted by Crippen LogP contribution is 2.37. The average Bonchev–Trinajstić information content (AvgIpc) is 2.34. The fourth-order valence-corrected chi connectivity index (χ4v) is 3.54. The van der Waals surface area contributed by atoms with E-state index in [1.54, 1.807) is 0 Å². The quantitative estimate of drug-likeness (QED) is 0.449. The Morgan fingerprint density at radius 1 is 0.889 bits per heavy atom. The van der Waals surface area contributed by atoms with Crippen LogP contribution in [0.5, 0.6) is 0 Å². The van der Waals surface area contributed by atoms with Crippen LogP contribution in [-0.4, -0.2) is 0 Å². The Hall–Kier alpha value is 0.170. The molecule has 0 spiro atoms. The molecule has 2 aromatic carbocycles. The Labute approximate surface area is 137 Å². The molecule has 0 radical (unpaired) electrons. The van der Waals surface area contributed by atoms with Crippen molar-refractivity contribution in [3.8, 4) is 0 Å².